The summed E-state index contributed by atoms with van der Waals surface area (Å²) >= 11 is 5.80. The summed E-state index contributed by atoms with van der Waals surface area (Å²) in [6, 6.07) is 6.51. The standard InChI is InChI=1S/C10H8ClNO3/c11-8-5-7(6-12)1-2-9(8)15-4-3-10(13)14/h1-2,5H,3-4H2,(H,13,14). The Morgan fingerprint density at radius 2 is 2.33 bits per heavy atom. The molecule has 0 aliphatic carbocycles. The van der Waals surface area contributed by atoms with Crippen molar-refractivity contribution in [2.24, 2.45) is 0 Å². The fraction of sp³-hybridized carbons (Fsp3) is 0.200. The zero-order valence-electron chi connectivity index (χ0n) is 7.74. The summed E-state index contributed by atoms with van der Waals surface area (Å²) in [5.41, 5.74) is 0.436. The lowest BCUT2D eigenvalue weighted by molar-refractivity contribution is -0.137. The van der Waals surface area contributed by atoms with Crippen LogP contribution in [0.1, 0.15) is 12.0 Å². The smallest absolute Gasteiger partial charge is 0.306 e. The van der Waals surface area contributed by atoms with Crippen molar-refractivity contribution < 1.29 is 14.6 Å². The number of nitriles is 1. The minimum Gasteiger partial charge on any atom is -0.491 e. The first-order valence-corrected chi connectivity index (χ1v) is 4.55. The topological polar surface area (TPSA) is 70.3 Å². The van der Waals surface area contributed by atoms with Crippen molar-refractivity contribution in [2.75, 3.05) is 6.61 Å². The number of rotatable bonds is 4. The number of ether oxygens (including phenoxy) is 1. The van der Waals surface area contributed by atoms with Gasteiger partial charge in [0, 0.05) is 0 Å². The first-order chi connectivity index (χ1) is 7.13. The minimum atomic E-state index is -0.931. The van der Waals surface area contributed by atoms with Gasteiger partial charge in [-0.25, -0.2) is 0 Å². The van der Waals surface area contributed by atoms with Crippen LogP contribution in [-0.2, 0) is 4.79 Å². The molecule has 0 heterocycles. The normalized spacial score (nSPS) is 9.33. The molecule has 0 unspecified atom stereocenters. The van der Waals surface area contributed by atoms with Crippen LogP contribution in [-0.4, -0.2) is 17.7 Å². The molecule has 0 aromatic heterocycles. The van der Waals surface area contributed by atoms with Gasteiger partial charge in [-0.05, 0) is 18.2 Å². The molecular formula is C10H8ClNO3. The zero-order valence-corrected chi connectivity index (χ0v) is 8.49. The lowest BCUT2D eigenvalue weighted by Gasteiger charge is -2.06. The molecule has 78 valence electrons. The zero-order chi connectivity index (χ0) is 11.3. The van der Waals surface area contributed by atoms with Crippen molar-refractivity contribution >= 4 is 17.6 Å². The number of carbonyl (C=O) groups is 1. The van der Waals surface area contributed by atoms with Gasteiger partial charge in [0.1, 0.15) is 5.75 Å². The Hall–Kier alpha value is -1.73. The van der Waals surface area contributed by atoms with Crippen LogP contribution in [0.2, 0.25) is 5.02 Å². The highest BCUT2D eigenvalue weighted by Crippen LogP contribution is 2.25. The third-order valence-electron chi connectivity index (χ3n) is 1.63. The van der Waals surface area contributed by atoms with Crippen LogP contribution in [0, 0.1) is 11.3 Å². The van der Waals surface area contributed by atoms with Crippen molar-refractivity contribution in [3.05, 3.63) is 28.8 Å². The number of halogens is 1. The van der Waals surface area contributed by atoms with Gasteiger partial charge in [0.05, 0.1) is 29.7 Å². The second-order valence-corrected chi connectivity index (χ2v) is 3.16. The van der Waals surface area contributed by atoms with Gasteiger partial charge in [-0.2, -0.15) is 5.26 Å². The quantitative estimate of drug-likeness (QED) is 0.852. The van der Waals surface area contributed by atoms with Gasteiger partial charge in [-0.3, -0.25) is 4.79 Å². The van der Waals surface area contributed by atoms with E-state index in [0.717, 1.165) is 0 Å². The van der Waals surface area contributed by atoms with Crippen LogP contribution in [0.4, 0.5) is 0 Å². The minimum absolute atomic E-state index is 0.0565. The van der Waals surface area contributed by atoms with Gasteiger partial charge >= 0.3 is 5.97 Å². The van der Waals surface area contributed by atoms with Gasteiger partial charge < -0.3 is 9.84 Å². The Labute approximate surface area is 91.7 Å². The van der Waals surface area contributed by atoms with Crippen molar-refractivity contribution in [2.45, 2.75) is 6.42 Å². The van der Waals surface area contributed by atoms with Crippen LogP contribution >= 0.6 is 11.6 Å². The Morgan fingerprint density at radius 3 is 2.87 bits per heavy atom. The molecule has 0 atom stereocenters. The molecule has 0 spiro atoms. The summed E-state index contributed by atoms with van der Waals surface area (Å²) in [5, 5.41) is 17.3. The average molecular weight is 226 g/mol. The van der Waals surface area contributed by atoms with E-state index >= 15 is 0 Å². The van der Waals surface area contributed by atoms with E-state index in [9.17, 15) is 4.79 Å². The number of benzene rings is 1. The molecule has 0 aliphatic heterocycles. The first kappa shape index (κ1) is 11.3. The fourth-order valence-electron chi connectivity index (χ4n) is 0.936. The number of carboxylic acids is 1. The highest BCUT2D eigenvalue weighted by atomic mass is 35.5. The molecule has 0 saturated heterocycles. The van der Waals surface area contributed by atoms with Crippen molar-refractivity contribution in [3.63, 3.8) is 0 Å². The largest absolute Gasteiger partial charge is 0.491 e. The molecule has 1 rings (SSSR count). The predicted molar refractivity (Wildman–Crippen MR) is 53.9 cm³/mol. The van der Waals surface area contributed by atoms with Crippen LogP contribution in [0.3, 0.4) is 0 Å². The lowest BCUT2D eigenvalue weighted by Crippen LogP contribution is -2.04. The molecule has 0 aliphatic rings. The van der Waals surface area contributed by atoms with Gasteiger partial charge in [0.15, 0.2) is 0 Å². The molecule has 4 nitrogen and oxygen atoms in total. The average Bonchev–Trinajstić information content (AvgIpc) is 2.20. The molecule has 0 bridgehead atoms. The van der Waals surface area contributed by atoms with Gasteiger partial charge in [0.2, 0.25) is 0 Å². The van der Waals surface area contributed by atoms with Gasteiger partial charge in [-0.15, -0.1) is 0 Å². The van der Waals surface area contributed by atoms with E-state index < -0.39 is 5.97 Å². The molecule has 0 fully saturated rings. The molecule has 15 heavy (non-hydrogen) atoms. The summed E-state index contributed by atoms with van der Waals surface area (Å²) in [4.78, 5) is 10.2. The summed E-state index contributed by atoms with van der Waals surface area (Å²) in [6.45, 7) is 0.0565. The SMILES string of the molecule is N#Cc1ccc(OCCC(=O)O)c(Cl)c1. The Kier molecular flexibility index (Phi) is 3.95. The highest BCUT2D eigenvalue weighted by molar-refractivity contribution is 6.32. The van der Waals surface area contributed by atoms with E-state index in [0.29, 0.717) is 16.3 Å². The number of hydrogen-bond acceptors (Lipinski definition) is 3. The predicted octanol–water partition coefficient (Wildman–Crippen LogP) is 2.07. The van der Waals surface area contributed by atoms with Crippen LogP contribution < -0.4 is 4.74 Å². The summed E-state index contributed by atoms with van der Waals surface area (Å²) in [5.74, 6) is -0.545. The number of nitrogens with zero attached hydrogens (tertiary/aromatic N) is 1. The molecule has 1 aromatic rings. The van der Waals surface area contributed by atoms with Crippen LogP contribution in [0.5, 0.6) is 5.75 Å². The molecule has 0 amide bonds. The Bertz CT molecular complexity index is 412. The second-order valence-electron chi connectivity index (χ2n) is 2.75. The summed E-state index contributed by atoms with van der Waals surface area (Å²) in [7, 11) is 0. The summed E-state index contributed by atoms with van der Waals surface area (Å²) < 4.78 is 5.12. The highest BCUT2D eigenvalue weighted by Gasteiger charge is 2.04. The van der Waals surface area contributed by atoms with E-state index in [2.05, 4.69) is 0 Å². The number of hydrogen-bond donors (Lipinski definition) is 1. The van der Waals surface area contributed by atoms with Crippen LogP contribution in [0.25, 0.3) is 0 Å². The van der Waals surface area contributed by atoms with E-state index in [4.69, 9.17) is 26.7 Å². The first-order valence-electron chi connectivity index (χ1n) is 4.17. The fourth-order valence-corrected chi connectivity index (χ4v) is 1.17. The van der Waals surface area contributed by atoms with Crippen molar-refractivity contribution in [3.8, 4) is 11.8 Å². The third-order valence-corrected chi connectivity index (χ3v) is 1.93. The van der Waals surface area contributed by atoms with E-state index in [1.807, 2.05) is 6.07 Å². The number of carboxylic acid groups (broad SMARTS) is 1. The van der Waals surface area contributed by atoms with Gasteiger partial charge in [0.25, 0.3) is 0 Å². The monoisotopic (exact) mass is 225 g/mol. The third kappa shape index (κ3) is 3.49. The molecule has 0 radical (unpaired) electrons. The second kappa shape index (κ2) is 5.23. The Morgan fingerprint density at radius 1 is 1.60 bits per heavy atom. The molecule has 0 saturated carbocycles. The lowest BCUT2D eigenvalue weighted by atomic mass is 10.2. The summed E-state index contributed by atoms with van der Waals surface area (Å²) in [6.07, 6.45) is -0.0870. The van der Waals surface area contributed by atoms with Crippen molar-refractivity contribution in [1.29, 1.82) is 5.26 Å². The van der Waals surface area contributed by atoms with E-state index in [1.165, 1.54) is 6.07 Å². The molecule has 1 aromatic carbocycles. The van der Waals surface area contributed by atoms with E-state index in [1.54, 1.807) is 12.1 Å². The van der Waals surface area contributed by atoms with E-state index in [-0.39, 0.29) is 13.0 Å². The Balaban J connectivity index is 2.63. The maximum atomic E-state index is 10.2. The number of aliphatic carboxylic acids is 1. The molecule has 1 N–H and O–H groups in total. The molecule has 5 heteroatoms. The van der Waals surface area contributed by atoms with Crippen molar-refractivity contribution in [1.82, 2.24) is 0 Å². The van der Waals surface area contributed by atoms with Crippen LogP contribution in [0.15, 0.2) is 18.2 Å². The maximum Gasteiger partial charge on any atom is 0.306 e. The molecular weight excluding hydrogens is 218 g/mol. The van der Waals surface area contributed by atoms with Gasteiger partial charge in [-0.1, -0.05) is 11.6 Å². The maximum absolute atomic E-state index is 10.2.